The maximum Gasteiger partial charge on any atom is 0.145 e. The zero-order valence-corrected chi connectivity index (χ0v) is 3.43. The van der Waals surface area contributed by atoms with Crippen LogP contribution in [0.5, 0.6) is 0 Å². The molecule has 0 aliphatic rings. The van der Waals surface area contributed by atoms with E-state index in [-0.39, 0.29) is 0 Å². The van der Waals surface area contributed by atoms with Crippen LogP contribution in [0.3, 0.4) is 0 Å². The Morgan fingerprint density at radius 1 is 1.83 bits per heavy atom. The second-order valence-corrected chi connectivity index (χ2v) is 0.524. The van der Waals surface area contributed by atoms with E-state index >= 15 is 0 Å². The molecule has 0 aromatic rings. The normalized spacial score (nSPS) is 8.00. The minimum Gasteiger partial charge on any atom is -0.303 e. The molecular weight excluding hydrogens is 78.0 g/mol. The second kappa shape index (κ2) is 4.03. The fourth-order valence-corrected chi connectivity index (χ4v) is 0.0720. The largest absolute Gasteiger partial charge is 0.303 e. The van der Waals surface area contributed by atoms with Gasteiger partial charge in [-0.3, -0.25) is 0 Å². The summed E-state index contributed by atoms with van der Waals surface area (Å²) >= 11 is 0. The van der Waals surface area contributed by atoms with Gasteiger partial charge in [0.05, 0.1) is 0 Å². The lowest BCUT2D eigenvalue weighted by atomic mass is 10.9. The fraction of sp³-hybridized carbons (Fsp3) is 0.250. The van der Waals surface area contributed by atoms with Crippen LogP contribution in [0.25, 0.3) is 0 Å². The molecule has 0 aliphatic carbocycles. The third-order valence-corrected chi connectivity index (χ3v) is 0.190. The van der Waals surface area contributed by atoms with E-state index in [1.165, 1.54) is 0 Å². The van der Waals surface area contributed by atoms with E-state index in [1.54, 1.807) is 6.92 Å². The molecule has 31 valence electrons. The van der Waals surface area contributed by atoms with Gasteiger partial charge in [0.1, 0.15) is 12.3 Å². The summed E-state index contributed by atoms with van der Waals surface area (Å²) in [6.45, 7) is 1.59. The van der Waals surface area contributed by atoms with E-state index in [9.17, 15) is 0 Å². The Kier molecular flexibility index (Phi) is 3.38. The van der Waals surface area contributed by atoms with Crippen molar-refractivity contribution in [2.45, 2.75) is 6.92 Å². The second-order valence-electron chi connectivity index (χ2n) is 0.524. The SMILES string of the molecule is C#CON=[C]C. The molecule has 0 amide bonds. The van der Waals surface area contributed by atoms with Crippen molar-refractivity contribution in [3.8, 4) is 12.5 Å². The molecule has 2 nitrogen and oxygen atoms in total. The molecule has 0 bridgehead atoms. The fourth-order valence-electron chi connectivity index (χ4n) is 0.0720. The molecular formula is C4H4NO. The van der Waals surface area contributed by atoms with Gasteiger partial charge in [-0.1, -0.05) is 11.6 Å². The van der Waals surface area contributed by atoms with E-state index in [0.29, 0.717) is 0 Å². The molecule has 0 unspecified atom stereocenters. The van der Waals surface area contributed by atoms with E-state index < -0.39 is 0 Å². The summed E-state index contributed by atoms with van der Waals surface area (Å²) in [5.74, 6) is 0. The lowest BCUT2D eigenvalue weighted by Crippen LogP contribution is -1.62. The van der Waals surface area contributed by atoms with Gasteiger partial charge in [0.25, 0.3) is 0 Å². The Hall–Kier alpha value is -0.970. The van der Waals surface area contributed by atoms with Gasteiger partial charge in [-0.25, -0.2) is 0 Å². The van der Waals surface area contributed by atoms with E-state index in [0.717, 1.165) is 0 Å². The number of nitrogens with zero attached hydrogens (tertiary/aromatic N) is 1. The highest BCUT2D eigenvalue weighted by molar-refractivity contribution is 5.52. The van der Waals surface area contributed by atoms with Gasteiger partial charge < -0.3 is 4.84 Å². The number of hydrogen-bond donors (Lipinski definition) is 0. The zero-order valence-electron chi connectivity index (χ0n) is 3.43. The molecule has 0 saturated heterocycles. The van der Waals surface area contributed by atoms with Gasteiger partial charge in [0, 0.05) is 0 Å². The summed E-state index contributed by atoms with van der Waals surface area (Å²) in [4.78, 5) is 4.02. The molecule has 0 spiro atoms. The Labute approximate surface area is 36.8 Å². The lowest BCUT2D eigenvalue weighted by molar-refractivity contribution is 0.301. The predicted octanol–water partition coefficient (Wildman–Crippen LogP) is 0.476. The quantitative estimate of drug-likeness (QED) is 0.256. The summed E-state index contributed by atoms with van der Waals surface area (Å²) in [6, 6.07) is 0. The predicted molar refractivity (Wildman–Crippen MR) is 23.0 cm³/mol. The Balaban J connectivity index is 2.92. The highest BCUT2D eigenvalue weighted by Gasteiger charge is 1.55. The Morgan fingerprint density at radius 2 is 2.50 bits per heavy atom. The number of hydrogen-bond acceptors (Lipinski definition) is 2. The van der Waals surface area contributed by atoms with Gasteiger partial charge in [0.15, 0.2) is 0 Å². The molecule has 0 heterocycles. The molecule has 1 radical (unpaired) electrons. The summed E-state index contributed by atoms with van der Waals surface area (Å²) in [5, 5.41) is 3.10. The van der Waals surface area contributed by atoms with Crippen LogP contribution in [0, 0.1) is 12.5 Å². The van der Waals surface area contributed by atoms with Crippen LogP contribution in [0.4, 0.5) is 0 Å². The van der Waals surface area contributed by atoms with Crippen molar-refractivity contribution in [1.29, 1.82) is 0 Å². The van der Waals surface area contributed by atoms with Crippen molar-refractivity contribution >= 4 is 6.21 Å². The molecule has 0 atom stereocenters. The van der Waals surface area contributed by atoms with Gasteiger partial charge in [-0.15, -0.1) is 0 Å². The molecule has 0 aromatic heterocycles. The third-order valence-electron chi connectivity index (χ3n) is 0.190. The Bertz CT molecular complexity index is 80.0. The molecule has 0 saturated carbocycles. The Morgan fingerprint density at radius 3 is 2.67 bits per heavy atom. The highest BCUT2D eigenvalue weighted by Crippen LogP contribution is 1.62. The molecule has 0 rings (SSSR count). The van der Waals surface area contributed by atoms with Crippen molar-refractivity contribution in [2.75, 3.05) is 0 Å². The average molecular weight is 82.1 g/mol. The maximum atomic E-state index is 4.61. The van der Waals surface area contributed by atoms with Crippen LogP contribution in [-0.2, 0) is 4.84 Å². The van der Waals surface area contributed by atoms with Crippen LogP contribution >= 0.6 is 0 Å². The average Bonchev–Trinajstić information content (AvgIpc) is 1.61. The number of terminal acetylenes is 1. The van der Waals surface area contributed by atoms with Gasteiger partial charge in [0.2, 0.25) is 0 Å². The maximum absolute atomic E-state index is 4.61. The van der Waals surface area contributed by atoms with E-state index in [2.05, 4.69) is 22.6 Å². The van der Waals surface area contributed by atoms with Crippen molar-refractivity contribution in [3.05, 3.63) is 0 Å². The minimum absolute atomic E-state index is 1.59. The van der Waals surface area contributed by atoms with Crippen LogP contribution in [0.2, 0.25) is 0 Å². The number of rotatable bonds is 1. The molecule has 0 aromatic carbocycles. The van der Waals surface area contributed by atoms with Gasteiger partial charge in [-0.05, 0) is 6.92 Å². The first-order valence-corrected chi connectivity index (χ1v) is 1.40. The molecule has 0 aliphatic heterocycles. The summed E-state index contributed by atoms with van der Waals surface area (Å²) in [5.41, 5.74) is 0. The van der Waals surface area contributed by atoms with Crippen LogP contribution in [0.1, 0.15) is 6.92 Å². The van der Waals surface area contributed by atoms with E-state index in [4.69, 9.17) is 0 Å². The van der Waals surface area contributed by atoms with Crippen LogP contribution in [-0.4, -0.2) is 6.21 Å². The topological polar surface area (TPSA) is 21.6 Å². The van der Waals surface area contributed by atoms with Crippen LogP contribution < -0.4 is 0 Å². The lowest BCUT2D eigenvalue weighted by Gasteiger charge is -1.71. The molecule has 0 fully saturated rings. The molecule has 0 N–H and O–H groups in total. The van der Waals surface area contributed by atoms with Gasteiger partial charge in [-0.2, -0.15) is 0 Å². The first-order valence-electron chi connectivity index (χ1n) is 1.40. The highest BCUT2D eigenvalue weighted by atomic mass is 16.6. The monoisotopic (exact) mass is 82.0 g/mol. The summed E-state index contributed by atoms with van der Waals surface area (Å²) < 4.78 is 0. The van der Waals surface area contributed by atoms with Gasteiger partial charge >= 0.3 is 0 Å². The molecule has 6 heavy (non-hydrogen) atoms. The standard InChI is InChI=1S/C4H4NO/c1-3-5-6-4-2/h2H,1H3. The summed E-state index contributed by atoms with van der Waals surface area (Å²) in [7, 11) is 0. The van der Waals surface area contributed by atoms with E-state index in [1.807, 2.05) is 6.11 Å². The van der Waals surface area contributed by atoms with Crippen molar-refractivity contribution in [2.24, 2.45) is 5.16 Å². The van der Waals surface area contributed by atoms with Crippen LogP contribution in [0.15, 0.2) is 5.16 Å². The smallest absolute Gasteiger partial charge is 0.145 e. The van der Waals surface area contributed by atoms with Crippen molar-refractivity contribution in [1.82, 2.24) is 0 Å². The van der Waals surface area contributed by atoms with Crippen molar-refractivity contribution < 1.29 is 4.84 Å². The summed E-state index contributed by atoms with van der Waals surface area (Å²) in [6.07, 6.45) is 8.78. The minimum atomic E-state index is 1.59. The van der Waals surface area contributed by atoms with Crippen molar-refractivity contribution in [3.63, 3.8) is 0 Å². The third kappa shape index (κ3) is 3.03. The molecule has 2 heteroatoms. The first-order chi connectivity index (χ1) is 2.91. The first kappa shape index (κ1) is 5.03. The zero-order chi connectivity index (χ0) is 4.83.